The third-order valence-corrected chi connectivity index (χ3v) is 8.54. The number of aromatic carboxylic acids is 2. The molecule has 14 nitrogen and oxygen atoms in total. The number of fused-ring (bicyclic) bond motifs is 2. The maximum atomic E-state index is 10.9. The summed E-state index contributed by atoms with van der Waals surface area (Å²) in [6, 6.07) is 30.5. The van der Waals surface area contributed by atoms with Crippen molar-refractivity contribution in [2.75, 3.05) is 0 Å². The van der Waals surface area contributed by atoms with Gasteiger partial charge in [0.2, 0.25) is 0 Å². The second kappa shape index (κ2) is 26.5. The van der Waals surface area contributed by atoms with Crippen molar-refractivity contribution in [2.24, 2.45) is 0 Å². The van der Waals surface area contributed by atoms with Crippen LogP contribution in [0.25, 0.3) is 21.5 Å². The lowest BCUT2D eigenvalue weighted by Gasteiger charge is -2.04. The molecule has 0 spiro atoms. The molecule has 0 aliphatic heterocycles. The molecule has 7 N–H and O–H groups in total. The van der Waals surface area contributed by atoms with E-state index in [1.54, 1.807) is 54.6 Å². The molecule has 16 heteroatoms. The first-order valence-electron chi connectivity index (χ1n) is 18.4. The summed E-state index contributed by atoms with van der Waals surface area (Å²) in [5.41, 5.74) is 3.03. The Kier molecular flexibility index (Phi) is 23.6. The average molecular weight is 869 g/mol. The van der Waals surface area contributed by atoms with Gasteiger partial charge in [-0.15, -0.1) is 12.6 Å². The van der Waals surface area contributed by atoms with Crippen LogP contribution in [0.3, 0.4) is 0 Å². The minimum atomic E-state index is -4.26. The van der Waals surface area contributed by atoms with Gasteiger partial charge in [0.25, 0.3) is 10.1 Å². The van der Waals surface area contributed by atoms with E-state index >= 15 is 0 Å². The Labute approximate surface area is 351 Å². The molecule has 0 aliphatic rings. The van der Waals surface area contributed by atoms with Crippen LogP contribution in [0.2, 0.25) is 0 Å². The quantitative estimate of drug-likeness (QED) is 0.0628. The van der Waals surface area contributed by atoms with Crippen LogP contribution >= 0.6 is 0 Å². The number of carboxylic acid groups (broad SMARTS) is 2. The summed E-state index contributed by atoms with van der Waals surface area (Å²) in [6.07, 6.45) is 0. The highest BCUT2D eigenvalue weighted by molar-refractivity contribution is 7.85. The van der Waals surface area contributed by atoms with Crippen LogP contribution in [0.1, 0.15) is 99.1 Å². The van der Waals surface area contributed by atoms with Gasteiger partial charge in [-0.2, -0.15) is 8.42 Å². The number of rotatable bonds is 5. The van der Waals surface area contributed by atoms with Crippen molar-refractivity contribution in [3.05, 3.63) is 138 Å². The molecule has 0 aliphatic carbocycles. The number of benzene rings is 6. The molecule has 0 unspecified atom stereocenters. The fourth-order valence-corrected chi connectivity index (χ4v) is 5.19. The van der Waals surface area contributed by atoms with Crippen LogP contribution < -0.4 is 0 Å². The highest BCUT2D eigenvalue weighted by atomic mass is 32.2. The molecule has 6 aromatic rings. The molecule has 0 amide bonds. The molecule has 6 aromatic carbocycles. The van der Waals surface area contributed by atoms with E-state index in [2.05, 4.69) is 27.7 Å². The zero-order chi connectivity index (χ0) is 46.3. The zero-order valence-corrected chi connectivity index (χ0v) is 36.1. The van der Waals surface area contributed by atoms with E-state index in [0.29, 0.717) is 39.1 Å². The van der Waals surface area contributed by atoms with Gasteiger partial charge in [0.15, 0.2) is 11.5 Å². The lowest BCUT2D eigenvalue weighted by molar-refractivity contribution is 0.0686. The van der Waals surface area contributed by atoms with Crippen molar-refractivity contribution in [3.63, 3.8) is 0 Å². The molecular formula is C44H52O14S2. The van der Waals surface area contributed by atoms with Crippen molar-refractivity contribution < 1.29 is 65.8 Å². The number of carbonyl (C=O) groups is 2. The molecule has 6 rings (SSSR count). The zero-order valence-electron chi connectivity index (χ0n) is 34.4. The van der Waals surface area contributed by atoms with E-state index in [9.17, 15) is 33.3 Å². The first kappa shape index (κ1) is 53.5. The molecule has 0 saturated heterocycles. The molecule has 0 saturated carbocycles. The molecule has 324 valence electrons. The predicted molar refractivity (Wildman–Crippen MR) is 232 cm³/mol. The van der Waals surface area contributed by atoms with Crippen molar-refractivity contribution in [3.8, 4) is 23.0 Å². The lowest BCUT2D eigenvalue weighted by atomic mass is 10.0. The average Bonchev–Trinajstić information content (AvgIpc) is 3.20. The summed E-state index contributed by atoms with van der Waals surface area (Å²) in [5.74, 6) is -1.10. The van der Waals surface area contributed by atoms with Gasteiger partial charge in [-0.05, 0) is 106 Å². The van der Waals surface area contributed by atoms with Gasteiger partial charge < -0.3 is 30.6 Å². The third kappa shape index (κ3) is 18.8. The Hall–Kier alpha value is -6.49. The van der Waals surface area contributed by atoms with Gasteiger partial charge in [0.05, 0.1) is 16.0 Å². The van der Waals surface area contributed by atoms with E-state index in [-0.39, 0.29) is 27.9 Å². The van der Waals surface area contributed by atoms with E-state index in [1.807, 2.05) is 58.0 Å². The van der Waals surface area contributed by atoms with Crippen molar-refractivity contribution in [2.45, 2.75) is 72.1 Å². The van der Waals surface area contributed by atoms with Gasteiger partial charge >= 0.3 is 22.5 Å². The van der Waals surface area contributed by atoms with E-state index < -0.39 is 32.7 Å². The second-order valence-corrected chi connectivity index (χ2v) is 14.2. The number of hydrogen-bond acceptors (Lipinski definition) is 11. The van der Waals surface area contributed by atoms with Crippen LogP contribution in [0.5, 0.6) is 23.0 Å². The van der Waals surface area contributed by atoms with E-state index in [0.717, 1.165) is 5.39 Å². The van der Waals surface area contributed by atoms with Crippen LogP contribution in [0, 0.1) is 0 Å². The van der Waals surface area contributed by atoms with E-state index in [1.165, 1.54) is 41.5 Å². The first-order chi connectivity index (χ1) is 28.1. The van der Waals surface area contributed by atoms with Gasteiger partial charge in [-0.1, -0.05) is 104 Å². The van der Waals surface area contributed by atoms with Gasteiger partial charge in [-0.25, -0.2) is 9.59 Å². The van der Waals surface area contributed by atoms with Gasteiger partial charge in [0, 0.05) is 5.39 Å². The predicted octanol–water partition coefficient (Wildman–Crippen LogP) is 9.81. The number of phenols is 4. The summed E-state index contributed by atoms with van der Waals surface area (Å²) in [4.78, 5) is 20.7. The fraction of sp³-hybridized carbons (Fsp3) is 0.227. The smallest absolute Gasteiger partial charge is 0.425 e. The first-order valence-corrected chi connectivity index (χ1v) is 20.8. The molecule has 0 aromatic heterocycles. The topological polar surface area (TPSA) is 261 Å². The molecule has 0 fully saturated rings. The molecular weight excluding hydrogens is 817 g/mol. The largest absolute Gasteiger partial charge is 0.508 e. The van der Waals surface area contributed by atoms with Crippen molar-refractivity contribution in [1.29, 1.82) is 0 Å². The van der Waals surface area contributed by atoms with Crippen LogP contribution in [-0.4, -0.2) is 68.2 Å². The number of carboxylic acids is 2. The second-order valence-electron chi connectivity index (χ2n) is 12.4. The minimum Gasteiger partial charge on any atom is -0.508 e. The number of phenolic OH excluding ortho intramolecular Hbond substituents is 4. The van der Waals surface area contributed by atoms with Crippen molar-refractivity contribution >= 4 is 54.2 Å². The van der Waals surface area contributed by atoms with Crippen LogP contribution in [0.15, 0.2) is 120 Å². The maximum Gasteiger partial charge on any atom is 0.425 e. The third-order valence-electron chi connectivity index (χ3n) is 7.69. The summed E-state index contributed by atoms with van der Waals surface area (Å²) in [6.45, 7) is 16.3. The Morgan fingerprint density at radius 3 is 1.30 bits per heavy atom. The van der Waals surface area contributed by atoms with Crippen LogP contribution in [0.4, 0.5) is 0 Å². The van der Waals surface area contributed by atoms with Gasteiger partial charge in [0.1, 0.15) is 11.5 Å². The Morgan fingerprint density at radius 1 is 0.517 bits per heavy atom. The molecule has 0 heterocycles. The van der Waals surface area contributed by atoms with E-state index in [4.69, 9.17) is 32.5 Å². The normalized spacial score (nSPS) is 9.92. The SMILES string of the molecule is CC.CC.CC(C)c1ccc(C(=O)O)cc1.CC(C)c1ccc(C(=O)O)cc1.O=S(=O)(O)c1ccc2cc(O)c(O)cc2c1.O=S(=O)=O.Oc1ccc2cccc(O)c2c1. The Balaban J connectivity index is 0.000000735. The monoisotopic (exact) mass is 868 g/mol. The molecule has 0 bridgehead atoms. The lowest BCUT2D eigenvalue weighted by Crippen LogP contribution is -1.97. The molecule has 0 atom stereocenters. The maximum absolute atomic E-state index is 10.9. The fourth-order valence-electron chi connectivity index (χ4n) is 4.68. The number of hydrogen-bond donors (Lipinski definition) is 7. The van der Waals surface area contributed by atoms with Crippen LogP contribution in [-0.2, 0) is 20.7 Å². The number of aromatic hydroxyl groups is 4. The Bertz CT molecular complexity index is 2430. The Morgan fingerprint density at radius 2 is 0.917 bits per heavy atom. The standard InChI is InChI=1S/C10H8O5S.C10H8O2.2C10H12O2.2C2H6.O3S/c11-9-4-6-1-2-8(16(13,14)15)3-7(6)5-10(9)12;11-8-5-4-7-2-1-3-10(12)9(7)6-8;2*1-7(2)8-3-5-9(6-4-8)10(11)12;2*1-2;1-4(2)3/h1-5,11-12H,(H,13,14,15);1-6,11-12H;2*3-7H,1-2H3,(H,11,12);2*1-2H3;. The summed E-state index contributed by atoms with van der Waals surface area (Å²) in [5, 5.41) is 56.8. The summed E-state index contributed by atoms with van der Waals surface area (Å²) < 4.78 is 55.9. The highest BCUT2D eigenvalue weighted by Crippen LogP contribution is 2.31. The molecule has 60 heavy (non-hydrogen) atoms. The molecule has 0 radical (unpaired) electrons. The minimum absolute atomic E-state index is 0.170. The van der Waals surface area contributed by atoms with Crippen molar-refractivity contribution in [1.82, 2.24) is 0 Å². The summed E-state index contributed by atoms with van der Waals surface area (Å²) in [7, 11) is -7.37. The highest BCUT2D eigenvalue weighted by Gasteiger charge is 2.11. The van der Waals surface area contributed by atoms with Gasteiger partial charge in [-0.3, -0.25) is 4.55 Å². The summed E-state index contributed by atoms with van der Waals surface area (Å²) >= 11 is 0.